The normalized spacial score (nSPS) is 12.3. The molecule has 2 N–H and O–H groups in total. The van der Waals surface area contributed by atoms with E-state index in [1.807, 2.05) is 7.05 Å². The average Bonchev–Trinajstić information content (AvgIpc) is 2.73. The van der Waals surface area contributed by atoms with Crippen LogP contribution in [-0.4, -0.2) is 35.2 Å². The van der Waals surface area contributed by atoms with E-state index in [1.54, 1.807) is 0 Å². The SMILES string of the molecule is CCCCc1noc(CN(C)CC(C)(C)CN)n1. The fourth-order valence-corrected chi connectivity index (χ4v) is 1.87. The fraction of sp³-hybridized carbons (Fsp3) is 0.846. The molecule has 1 aromatic heterocycles. The standard InChI is InChI=1S/C13H26N4O/c1-5-6-7-11-15-12(18-16-11)8-17(4)10-13(2,3)9-14/h5-10,14H2,1-4H3. The van der Waals surface area contributed by atoms with Crippen LogP contribution in [-0.2, 0) is 13.0 Å². The topological polar surface area (TPSA) is 68.2 Å². The second kappa shape index (κ2) is 6.85. The van der Waals surface area contributed by atoms with Gasteiger partial charge >= 0.3 is 0 Å². The average molecular weight is 254 g/mol. The third-order valence-corrected chi connectivity index (χ3v) is 2.92. The first-order valence-electron chi connectivity index (χ1n) is 6.67. The molecular formula is C13H26N4O. The summed E-state index contributed by atoms with van der Waals surface area (Å²) in [7, 11) is 2.05. The third kappa shape index (κ3) is 5.14. The van der Waals surface area contributed by atoms with Crippen LogP contribution in [0.4, 0.5) is 0 Å². The molecular weight excluding hydrogens is 228 g/mol. The van der Waals surface area contributed by atoms with Gasteiger partial charge in [0.15, 0.2) is 5.82 Å². The second-order valence-corrected chi connectivity index (χ2v) is 5.75. The Kier molecular flexibility index (Phi) is 5.75. The lowest BCUT2D eigenvalue weighted by Gasteiger charge is -2.27. The van der Waals surface area contributed by atoms with E-state index < -0.39 is 0 Å². The summed E-state index contributed by atoms with van der Waals surface area (Å²) in [5.74, 6) is 1.51. The molecule has 0 spiro atoms. The van der Waals surface area contributed by atoms with Crippen LogP contribution in [0, 0.1) is 5.41 Å². The third-order valence-electron chi connectivity index (χ3n) is 2.92. The van der Waals surface area contributed by atoms with Gasteiger partial charge in [-0.1, -0.05) is 32.3 Å². The zero-order valence-corrected chi connectivity index (χ0v) is 12.1. The number of nitrogens with zero attached hydrogens (tertiary/aromatic N) is 3. The minimum atomic E-state index is 0.111. The lowest BCUT2D eigenvalue weighted by atomic mass is 9.93. The molecule has 1 heterocycles. The minimum Gasteiger partial charge on any atom is -0.338 e. The fourth-order valence-electron chi connectivity index (χ4n) is 1.87. The first kappa shape index (κ1) is 15.1. The van der Waals surface area contributed by atoms with Crippen LogP contribution in [0.1, 0.15) is 45.3 Å². The summed E-state index contributed by atoms with van der Waals surface area (Å²) in [6, 6.07) is 0. The number of aryl methyl sites for hydroxylation is 1. The Hall–Kier alpha value is -0.940. The van der Waals surface area contributed by atoms with Crippen molar-refractivity contribution in [3.63, 3.8) is 0 Å². The molecule has 0 aliphatic carbocycles. The monoisotopic (exact) mass is 254 g/mol. The molecule has 1 rings (SSSR count). The van der Waals surface area contributed by atoms with Crippen molar-refractivity contribution in [1.82, 2.24) is 15.0 Å². The van der Waals surface area contributed by atoms with Crippen LogP contribution < -0.4 is 5.73 Å². The lowest BCUT2D eigenvalue weighted by Crippen LogP contribution is -2.36. The Morgan fingerprint density at radius 2 is 2.11 bits per heavy atom. The largest absolute Gasteiger partial charge is 0.338 e. The van der Waals surface area contributed by atoms with Gasteiger partial charge in [0.05, 0.1) is 6.54 Å². The Labute approximate surface area is 110 Å². The summed E-state index contributed by atoms with van der Waals surface area (Å²) in [6.45, 7) is 8.74. The lowest BCUT2D eigenvalue weighted by molar-refractivity contribution is 0.189. The van der Waals surface area contributed by atoms with Crippen LogP contribution in [0.2, 0.25) is 0 Å². The number of aromatic nitrogens is 2. The van der Waals surface area contributed by atoms with Crippen molar-refractivity contribution in [2.75, 3.05) is 20.1 Å². The zero-order valence-electron chi connectivity index (χ0n) is 12.1. The Balaban J connectivity index is 2.44. The molecule has 0 saturated carbocycles. The van der Waals surface area contributed by atoms with E-state index in [-0.39, 0.29) is 5.41 Å². The number of hydrogen-bond donors (Lipinski definition) is 1. The number of unbranched alkanes of at least 4 members (excludes halogenated alkanes) is 1. The molecule has 5 nitrogen and oxygen atoms in total. The van der Waals surface area contributed by atoms with Crippen LogP contribution >= 0.6 is 0 Å². The molecule has 1 aromatic rings. The van der Waals surface area contributed by atoms with Gasteiger partial charge in [-0.2, -0.15) is 4.98 Å². The van der Waals surface area contributed by atoms with Gasteiger partial charge in [-0.15, -0.1) is 0 Å². The zero-order chi connectivity index (χ0) is 13.6. The Bertz CT molecular complexity index is 349. The smallest absolute Gasteiger partial charge is 0.240 e. The van der Waals surface area contributed by atoms with Crippen molar-refractivity contribution in [3.05, 3.63) is 11.7 Å². The summed E-state index contributed by atoms with van der Waals surface area (Å²) < 4.78 is 5.25. The van der Waals surface area contributed by atoms with Crippen molar-refractivity contribution in [2.24, 2.45) is 11.1 Å². The molecule has 0 unspecified atom stereocenters. The van der Waals surface area contributed by atoms with Crippen LogP contribution in [0.5, 0.6) is 0 Å². The molecule has 0 bridgehead atoms. The molecule has 0 saturated heterocycles. The highest BCUT2D eigenvalue weighted by Gasteiger charge is 2.19. The van der Waals surface area contributed by atoms with E-state index in [0.29, 0.717) is 19.0 Å². The predicted molar refractivity (Wildman–Crippen MR) is 72.1 cm³/mol. The van der Waals surface area contributed by atoms with Crippen molar-refractivity contribution in [2.45, 2.75) is 46.6 Å². The van der Waals surface area contributed by atoms with Gasteiger partial charge in [0, 0.05) is 13.0 Å². The van der Waals surface area contributed by atoms with Crippen LogP contribution in [0.3, 0.4) is 0 Å². The van der Waals surface area contributed by atoms with E-state index in [1.165, 1.54) is 0 Å². The quantitative estimate of drug-likeness (QED) is 0.766. The van der Waals surface area contributed by atoms with Gasteiger partial charge in [-0.3, -0.25) is 4.90 Å². The maximum absolute atomic E-state index is 5.73. The highest BCUT2D eigenvalue weighted by Crippen LogP contribution is 2.15. The number of nitrogens with two attached hydrogens (primary N) is 1. The van der Waals surface area contributed by atoms with Gasteiger partial charge in [-0.05, 0) is 25.4 Å². The van der Waals surface area contributed by atoms with Gasteiger partial charge in [0.25, 0.3) is 0 Å². The van der Waals surface area contributed by atoms with E-state index in [4.69, 9.17) is 10.3 Å². The van der Waals surface area contributed by atoms with E-state index in [2.05, 4.69) is 35.8 Å². The Morgan fingerprint density at radius 1 is 1.39 bits per heavy atom. The van der Waals surface area contributed by atoms with Gasteiger partial charge in [0.2, 0.25) is 5.89 Å². The summed E-state index contributed by atoms with van der Waals surface area (Å²) in [5, 5.41) is 3.99. The van der Waals surface area contributed by atoms with Crippen LogP contribution in [0.15, 0.2) is 4.52 Å². The minimum absolute atomic E-state index is 0.111. The van der Waals surface area contributed by atoms with Crippen LogP contribution in [0.25, 0.3) is 0 Å². The highest BCUT2D eigenvalue weighted by molar-refractivity contribution is 4.87. The van der Waals surface area contributed by atoms with Crippen molar-refractivity contribution in [1.29, 1.82) is 0 Å². The molecule has 0 radical (unpaired) electrons. The van der Waals surface area contributed by atoms with Gasteiger partial charge < -0.3 is 10.3 Å². The van der Waals surface area contributed by atoms with Gasteiger partial charge in [0.1, 0.15) is 0 Å². The molecule has 0 atom stereocenters. The highest BCUT2D eigenvalue weighted by atomic mass is 16.5. The van der Waals surface area contributed by atoms with E-state index >= 15 is 0 Å². The summed E-state index contributed by atoms with van der Waals surface area (Å²) in [4.78, 5) is 6.56. The summed E-state index contributed by atoms with van der Waals surface area (Å²) in [6.07, 6.45) is 3.15. The van der Waals surface area contributed by atoms with E-state index in [9.17, 15) is 0 Å². The molecule has 0 aliphatic heterocycles. The molecule has 104 valence electrons. The molecule has 0 fully saturated rings. The number of rotatable bonds is 8. The van der Waals surface area contributed by atoms with Crippen molar-refractivity contribution < 1.29 is 4.52 Å². The molecule has 0 aliphatic rings. The molecule has 0 aromatic carbocycles. The molecule has 5 heteroatoms. The maximum Gasteiger partial charge on any atom is 0.240 e. The van der Waals surface area contributed by atoms with E-state index in [0.717, 1.165) is 31.6 Å². The summed E-state index contributed by atoms with van der Waals surface area (Å²) in [5.41, 5.74) is 5.84. The second-order valence-electron chi connectivity index (χ2n) is 5.75. The Morgan fingerprint density at radius 3 is 2.72 bits per heavy atom. The van der Waals surface area contributed by atoms with Gasteiger partial charge in [-0.25, -0.2) is 0 Å². The first-order chi connectivity index (χ1) is 8.46. The maximum atomic E-state index is 5.73. The predicted octanol–water partition coefficient (Wildman–Crippen LogP) is 1.83. The van der Waals surface area contributed by atoms with Crippen molar-refractivity contribution in [3.8, 4) is 0 Å². The number of hydrogen-bond acceptors (Lipinski definition) is 5. The summed E-state index contributed by atoms with van der Waals surface area (Å²) >= 11 is 0. The molecule has 18 heavy (non-hydrogen) atoms. The molecule has 0 amide bonds. The van der Waals surface area contributed by atoms with Crippen molar-refractivity contribution >= 4 is 0 Å². The first-order valence-corrected chi connectivity index (χ1v) is 6.67.